The van der Waals surface area contributed by atoms with Gasteiger partial charge in [-0.1, -0.05) is 5.21 Å². The maximum atomic E-state index is 12.6. The quantitative estimate of drug-likeness (QED) is 0.797. The molecule has 1 aromatic heterocycles. The highest BCUT2D eigenvalue weighted by atomic mass is 16.5. The molecule has 130 valence electrons. The van der Waals surface area contributed by atoms with Crippen LogP contribution in [0.3, 0.4) is 0 Å². The van der Waals surface area contributed by atoms with Crippen molar-refractivity contribution in [2.75, 3.05) is 26.2 Å². The zero-order valence-electron chi connectivity index (χ0n) is 13.8. The molecule has 0 N–H and O–H groups in total. The zero-order chi connectivity index (χ0) is 16.5. The third kappa shape index (κ3) is 2.90. The number of hydrogen-bond acceptors (Lipinski definition) is 5. The molecule has 2 fully saturated rings. The van der Waals surface area contributed by atoms with Gasteiger partial charge in [0.15, 0.2) is 0 Å². The van der Waals surface area contributed by atoms with Gasteiger partial charge in [-0.3, -0.25) is 9.59 Å². The standard InChI is InChI=1S/C16H23N5O3/c22-15-3-1-2-6-19(15)8-5-16(23)20-7-4-14-13(10-20)21-12(11-24-14)9-17-18-21/h9,13-14H,1-8,10-11H2/t13-,14+/m1/s1. The number of carbonyl (C=O) groups is 2. The van der Waals surface area contributed by atoms with Gasteiger partial charge in [0.25, 0.3) is 0 Å². The van der Waals surface area contributed by atoms with Gasteiger partial charge >= 0.3 is 0 Å². The van der Waals surface area contributed by atoms with Crippen LogP contribution in [-0.4, -0.2) is 68.9 Å². The van der Waals surface area contributed by atoms with Crippen molar-refractivity contribution >= 4 is 11.8 Å². The number of fused-ring (bicyclic) bond motifs is 3. The first kappa shape index (κ1) is 15.6. The second-order valence-corrected chi connectivity index (χ2v) is 6.80. The van der Waals surface area contributed by atoms with Gasteiger partial charge in [-0.2, -0.15) is 0 Å². The molecule has 4 heterocycles. The van der Waals surface area contributed by atoms with Crippen LogP contribution in [0.25, 0.3) is 0 Å². The highest BCUT2D eigenvalue weighted by molar-refractivity contribution is 5.79. The number of piperidine rings is 2. The molecule has 8 nitrogen and oxygen atoms in total. The summed E-state index contributed by atoms with van der Waals surface area (Å²) in [6, 6.07) is 0.0468. The number of carbonyl (C=O) groups excluding carboxylic acids is 2. The molecule has 24 heavy (non-hydrogen) atoms. The van der Waals surface area contributed by atoms with Crippen molar-refractivity contribution < 1.29 is 14.3 Å². The van der Waals surface area contributed by atoms with E-state index in [0.29, 0.717) is 39.1 Å². The molecule has 0 spiro atoms. The third-order valence-corrected chi connectivity index (χ3v) is 5.30. The predicted octanol–water partition coefficient (Wildman–Crippen LogP) is 0.353. The molecule has 3 aliphatic heterocycles. The lowest BCUT2D eigenvalue weighted by Gasteiger charge is -2.41. The predicted molar refractivity (Wildman–Crippen MR) is 83.9 cm³/mol. The summed E-state index contributed by atoms with van der Waals surface area (Å²) < 4.78 is 7.78. The number of nitrogens with zero attached hydrogens (tertiary/aromatic N) is 5. The summed E-state index contributed by atoms with van der Waals surface area (Å²) >= 11 is 0. The fraction of sp³-hybridized carbons (Fsp3) is 0.750. The summed E-state index contributed by atoms with van der Waals surface area (Å²) in [5, 5.41) is 8.12. The minimum absolute atomic E-state index is 0.0468. The van der Waals surface area contributed by atoms with E-state index < -0.39 is 0 Å². The number of aromatic nitrogens is 3. The van der Waals surface area contributed by atoms with Gasteiger partial charge in [0.05, 0.1) is 30.6 Å². The summed E-state index contributed by atoms with van der Waals surface area (Å²) in [6.07, 6.45) is 5.67. The van der Waals surface area contributed by atoms with Crippen molar-refractivity contribution in [3.63, 3.8) is 0 Å². The lowest BCUT2D eigenvalue weighted by Crippen LogP contribution is -2.50. The number of likely N-dealkylation sites (tertiary alicyclic amines) is 2. The molecule has 2 atom stereocenters. The number of ether oxygens (including phenoxy) is 1. The van der Waals surface area contributed by atoms with Crippen molar-refractivity contribution in [3.05, 3.63) is 11.9 Å². The van der Waals surface area contributed by atoms with E-state index in [4.69, 9.17) is 4.74 Å². The Bertz CT molecular complexity index is 631. The number of hydrogen-bond donors (Lipinski definition) is 0. The van der Waals surface area contributed by atoms with Gasteiger partial charge in [-0.15, -0.1) is 5.10 Å². The SMILES string of the molecule is O=C1CCCCN1CCC(=O)N1CC[C@@H]2OCc3cnnn3[C@@H]2C1. The Morgan fingerprint density at radius 3 is 3.12 bits per heavy atom. The van der Waals surface area contributed by atoms with Crippen LogP contribution < -0.4 is 0 Å². The minimum Gasteiger partial charge on any atom is -0.370 e. The Labute approximate surface area is 140 Å². The van der Waals surface area contributed by atoms with Crippen molar-refractivity contribution in [2.45, 2.75) is 50.9 Å². The van der Waals surface area contributed by atoms with Crippen LogP contribution in [0, 0.1) is 0 Å². The van der Waals surface area contributed by atoms with Gasteiger partial charge in [0, 0.05) is 39.0 Å². The molecule has 2 amide bonds. The van der Waals surface area contributed by atoms with E-state index in [0.717, 1.165) is 31.5 Å². The first-order valence-corrected chi connectivity index (χ1v) is 8.78. The van der Waals surface area contributed by atoms with Crippen molar-refractivity contribution in [3.8, 4) is 0 Å². The first-order chi connectivity index (χ1) is 11.7. The molecule has 2 saturated heterocycles. The molecule has 3 aliphatic rings. The van der Waals surface area contributed by atoms with Crippen LogP contribution in [-0.2, 0) is 20.9 Å². The molecule has 0 aromatic carbocycles. The normalized spacial score (nSPS) is 26.9. The van der Waals surface area contributed by atoms with Crippen LogP contribution in [0.5, 0.6) is 0 Å². The molecule has 0 unspecified atom stereocenters. The van der Waals surface area contributed by atoms with Crippen LogP contribution in [0.1, 0.15) is 43.8 Å². The topological polar surface area (TPSA) is 80.6 Å². The van der Waals surface area contributed by atoms with E-state index in [1.54, 1.807) is 6.20 Å². The van der Waals surface area contributed by atoms with Gasteiger partial charge in [-0.05, 0) is 19.3 Å². The van der Waals surface area contributed by atoms with E-state index in [1.807, 2.05) is 14.5 Å². The number of amides is 2. The molecule has 0 radical (unpaired) electrons. The van der Waals surface area contributed by atoms with E-state index in [1.165, 1.54) is 0 Å². The van der Waals surface area contributed by atoms with Crippen LogP contribution >= 0.6 is 0 Å². The molecule has 0 aliphatic carbocycles. The Balaban J connectivity index is 1.35. The largest absolute Gasteiger partial charge is 0.370 e. The van der Waals surface area contributed by atoms with Gasteiger partial charge < -0.3 is 14.5 Å². The lowest BCUT2D eigenvalue weighted by molar-refractivity contribution is -0.139. The zero-order valence-corrected chi connectivity index (χ0v) is 13.8. The molecule has 0 saturated carbocycles. The average Bonchev–Trinajstić information content (AvgIpc) is 3.09. The summed E-state index contributed by atoms with van der Waals surface area (Å²) in [6.45, 7) is 3.17. The van der Waals surface area contributed by atoms with Crippen molar-refractivity contribution in [1.29, 1.82) is 0 Å². The Morgan fingerprint density at radius 1 is 1.33 bits per heavy atom. The highest BCUT2D eigenvalue weighted by Crippen LogP contribution is 2.30. The van der Waals surface area contributed by atoms with Gasteiger partial charge in [0.1, 0.15) is 0 Å². The van der Waals surface area contributed by atoms with E-state index in [2.05, 4.69) is 10.3 Å². The Morgan fingerprint density at radius 2 is 2.25 bits per heavy atom. The van der Waals surface area contributed by atoms with Crippen LogP contribution in [0.15, 0.2) is 6.20 Å². The summed E-state index contributed by atoms with van der Waals surface area (Å²) in [4.78, 5) is 28.1. The molecular weight excluding hydrogens is 310 g/mol. The van der Waals surface area contributed by atoms with Crippen molar-refractivity contribution in [2.24, 2.45) is 0 Å². The molecule has 1 aromatic rings. The lowest BCUT2D eigenvalue weighted by atomic mass is 10.00. The third-order valence-electron chi connectivity index (χ3n) is 5.30. The smallest absolute Gasteiger partial charge is 0.224 e. The fourth-order valence-corrected chi connectivity index (χ4v) is 3.89. The summed E-state index contributed by atoms with van der Waals surface area (Å²) in [5.74, 6) is 0.291. The fourth-order valence-electron chi connectivity index (χ4n) is 3.89. The van der Waals surface area contributed by atoms with Crippen LogP contribution in [0.4, 0.5) is 0 Å². The maximum absolute atomic E-state index is 12.6. The number of rotatable bonds is 3. The van der Waals surface area contributed by atoms with Crippen LogP contribution in [0.2, 0.25) is 0 Å². The minimum atomic E-state index is 0.0468. The average molecular weight is 333 g/mol. The van der Waals surface area contributed by atoms with E-state index in [9.17, 15) is 9.59 Å². The van der Waals surface area contributed by atoms with Gasteiger partial charge in [-0.25, -0.2) is 4.68 Å². The molecule has 4 rings (SSSR count). The molecule has 0 bridgehead atoms. The second kappa shape index (κ2) is 6.51. The highest BCUT2D eigenvalue weighted by Gasteiger charge is 2.37. The Hall–Kier alpha value is -1.96. The Kier molecular flexibility index (Phi) is 4.22. The van der Waals surface area contributed by atoms with E-state index in [-0.39, 0.29) is 24.0 Å². The maximum Gasteiger partial charge on any atom is 0.224 e. The summed E-state index contributed by atoms with van der Waals surface area (Å²) in [7, 11) is 0. The van der Waals surface area contributed by atoms with Crippen molar-refractivity contribution in [1.82, 2.24) is 24.8 Å². The molecule has 8 heteroatoms. The summed E-state index contributed by atoms with van der Waals surface area (Å²) in [5.41, 5.74) is 0.962. The monoisotopic (exact) mass is 333 g/mol. The second-order valence-electron chi connectivity index (χ2n) is 6.80. The van der Waals surface area contributed by atoms with E-state index >= 15 is 0 Å². The molecular formula is C16H23N5O3. The van der Waals surface area contributed by atoms with Gasteiger partial charge in [0.2, 0.25) is 11.8 Å². The first-order valence-electron chi connectivity index (χ1n) is 8.78.